The van der Waals surface area contributed by atoms with Crippen molar-refractivity contribution in [2.24, 2.45) is 0 Å². The molecule has 0 N–H and O–H groups in total. The molecule has 1 heterocycles. The Bertz CT molecular complexity index is 503. The van der Waals surface area contributed by atoms with Crippen LogP contribution in [-0.2, 0) is 0 Å². The molecule has 2 aromatic rings. The van der Waals surface area contributed by atoms with Gasteiger partial charge in [0.25, 0.3) is 0 Å². The second-order valence-electron chi connectivity index (χ2n) is 5.19. The molecule has 0 unspecified atom stereocenters. The highest BCUT2D eigenvalue weighted by molar-refractivity contribution is 5.83. The first-order valence-electron chi connectivity index (χ1n) is 6.03. The Balaban J connectivity index is 2.75. The smallest absolute Gasteiger partial charge is 0.134 e. The van der Waals surface area contributed by atoms with Crippen LogP contribution >= 0.6 is 0 Å². The predicted molar refractivity (Wildman–Crippen MR) is 69.1 cm³/mol. The fraction of sp³-hybridized carbons (Fsp3) is 0.467. The van der Waals surface area contributed by atoms with Gasteiger partial charge in [0.15, 0.2) is 0 Å². The van der Waals surface area contributed by atoms with Crippen LogP contribution in [0.3, 0.4) is 0 Å². The molecule has 0 amide bonds. The van der Waals surface area contributed by atoms with E-state index in [1.54, 1.807) is 0 Å². The van der Waals surface area contributed by atoms with Gasteiger partial charge in [-0.2, -0.15) is 0 Å². The lowest BCUT2D eigenvalue weighted by molar-refractivity contribution is 0.511. The van der Waals surface area contributed by atoms with Crippen molar-refractivity contribution >= 4 is 11.0 Å². The van der Waals surface area contributed by atoms with E-state index in [0.29, 0.717) is 11.8 Å². The summed E-state index contributed by atoms with van der Waals surface area (Å²) in [6, 6.07) is 6.48. The highest BCUT2D eigenvalue weighted by atomic mass is 16.3. The molecule has 2 rings (SSSR count). The van der Waals surface area contributed by atoms with Crippen molar-refractivity contribution in [1.82, 2.24) is 0 Å². The number of fused-ring (bicyclic) bond motifs is 1. The van der Waals surface area contributed by atoms with E-state index >= 15 is 0 Å². The van der Waals surface area contributed by atoms with E-state index < -0.39 is 0 Å². The Morgan fingerprint density at radius 3 is 2.25 bits per heavy atom. The molecule has 1 nitrogen and oxygen atoms in total. The SMILES string of the molecule is Cc1ccc2c(C(C)C)c(C(C)C)oc2c1. The van der Waals surface area contributed by atoms with Crippen molar-refractivity contribution in [1.29, 1.82) is 0 Å². The van der Waals surface area contributed by atoms with Crippen molar-refractivity contribution in [3.05, 3.63) is 35.1 Å². The zero-order valence-electron chi connectivity index (χ0n) is 10.8. The Hall–Kier alpha value is -1.24. The Morgan fingerprint density at radius 2 is 1.69 bits per heavy atom. The van der Waals surface area contributed by atoms with Crippen molar-refractivity contribution in [2.45, 2.75) is 46.5 Å². The number of furan rings is 1. The van der Waals surface area contributed by atoms with E-state index in [4.69, 9.17) is 4.42 Å². The van der Waals surface area contributed by atoms with E-state index in [9.17, 15) is 0 Å². The van der Waals surface area contributed by atoms with Crippen molar-refractivity contribution in [3.63, 3.8) is 0 Å². The first-order valence-corrected chi connectivity index (χ1v) is 6.03. The Morgan fingerprint density at radius 1 is 1.00 bits per heavy atom. The number of benzene rings is 1. The summed E-state index contributed by atoms with van der Waals surface area (Å²) in [5.74, 6) is 2.11. The summed E-state index contributed by atoms with van der Waals surface area (Å²) in [5.41, 5.74) is 3.67. The topological polar surface area (TPSA) is 13.1 Å². The van der Waals surface area contributed by atoms with Crippen molar-refractivity contribution in [2.75, 3.05) is 0 Å². The quantitative estimate of drug-likeness (QED) is 0.689. The maximum Gasteiger partial charge on any atom is 0.134 e. The van der Waals surface area contributed by atoms with Gasteiger partial charge in [0, 0.05) is 16.9 Å². The molecule has 0 aliphatic heterocycles. The van der Waals surface area contributed by atoms with Crippen LogP contribution in [0.1, 0.15) is 56.4 Å². The third-order valence-corrected chi connectivity index (χ3v) is 3.01. The average Bonchev–Trinajstić information content (AvgIpc) is 2.55. The first kappa shape index (κ1) is 11.3. The van der Waals surface area contributed by atoms with Gasteiger partial charge in [-0.1, -0.05) is 39.8 Å². The van der Waals surface area contributed by atoms with Crippen LogP contribution in [-0.4, -0.2) is 0 Å². The standard InChI is InChI=1S/C15H20O/c1-9(2)14-12-7-6-11(5)8-13(12)16-15(14)10(3)4/h6-10H,1-5H3. The largest absolute Gasteiger partial charge is 0.460 e. The molecule has 0 fully saturated rings. The van der Waals surface area contributed by atoms with Crippen molar-refractivity contribution in [3.8, 4) is 0 Å². The fourth-order valence-corrected chi connectivity index (χ4v) is 2.27. The van der Waals surface area contributed by atoms with Crippen LogP contribution in [0.15, 0.2) is 22.6 Å². The van der Waals surface area contributed by atoms with E-state index in [-0.39, 0.29) is 0 Å². The van der Waals surface area contributed by atoms with Crippen LogP contribution in [0, 0.1) is 6.92 Å². The first-order chi connectivity index (χ1) is 7.50. The zero-order valence-corrected chi connectivity index (χ0v) is 10.8. The minimum atomic E-state index is 0.449. The zero-order chi connectivity index (χ0) is 11.9. The molecule has 0 aliphatic carbocycles. The molecule has 1 aromatic carbocycles. The van der Waals surface area contributed by atoms with Gasteiger partial charge >= 0.3 is 0 Å². The molecule has 0 bridgehead atoms. The number of hydrogen-bond donors (Lipinski definition) is 0. The molecule has 0 atom stereocenters. The third-order valence-electron chi connectivity index (χ3n) is 3.01. The average molecular weight is 216 g/mol. The van der Waals surface area contributed by atoms with Gasteiger partial charge in [-0.3, -0.25) is 0 Å². The molecule has 0 radical (unpaired) electrons. The Kier molecular flexibility index (Phi) is 2.79. The van der Waals surface area contributed by atoms with E-state index in [1.165, 1.54) is 16.5 Å². The monoisotopic (exact) mass is 216 g/mol. The van der Waals surface area contributed by atoms with Gasteiger partial charge in [0.1, 0.15) is 11.3 Å². The summed E-state index contributed by atoms with van der Waals surface area (Å²) in [4.78, 5) is 0. The molecular formula is C15H20O. The molecule has 1 aromatic heterocycles. The van der Waals surface area contributed by atoms with Gasteiger partial charge in [-0.05, 0) is 24.5 Å². The summed E-state index contributed by atoms with van der Waals surface area (Å²) in [5, 5.41) is 1.28. The second kappa shape index (κ2) is 3.97. The van der Waals surface area contributed by atoms with Gasteiger partial charge < -0.3 is 4.42 Å². The summed E-state index contributed by atoms with van der Waals surface area (Å²) in [7, 11) is 0. The summed E-state index contributed by atoms with van der Waals surface area (Å²) in [6.07, 6.45) is 0. The molecule has 1 heteroatoms. The van der Waals surface area contributed by atoms with Crippen LogP contribution in [0.4, 0.5) is 0 Å². The Labute approximate surface area is 97.5 Å². The second-order valence-corrected chi connectivity index (χ2v) is 5.19. The minimum absolute atomic E-state index is 0.449. The predicted octanol–water partition coefficient (Wildman–Crippen LogP) is 4.99. The van der Waals surface area contributed by atoms with E-state index in [1.807, 2.05) is 0 Å². The van der Waals surface area contributed by atoms with Gasteiger partial charge in [-0.25, -0.2) is 0 Å². The summed E-state index contributed by atoms with van der Waals surface area (Å²) >= 11 is 0. The highest BCUT2D eigenvalue weighted by Gasteiger charge is 2.18. The van der Waals surface area contributed by atoms with E-state index in [0.717, 1.165) is 11.3 Å². The maximum absolute atomic E-state index is 6.00. The maximum atomic E-state index is 6.00. The molecule has 86 valence electrons. The number of rotatable bonds is 2. The number of aryl methyl sites for hydroxylation is 1. The van der Waals surface area contributed by atoms with Crippen molar-refractivity contribution < 1.29 is 4.42 Å². The van der Waals surface area contributed by atoms with Crippen LogP contribution in [0.2, 0.25) is 0 Å². The van der Waals surface area contributed by atoms with Crippen LogP contribution in [0.5, 0.6) is 0 Å². The molecule has 0 spiro atoms. The van der Waals surface area contributed by atoms with E-state index in [2.05, 4.69) is 52.8 Å². The molecular weight excluding hydrogens is 196 g/mol. The van der Waals surface area contributed by atoms with Crippen LogP contribution in [0.25, 0.3) is 11.0 Å². The fourth-order valence-electron chi connectivity index (χ4n) is 2.27. The van der Waals surface area contributed by atoms with Gasteiger partial charge in [-0.15, -0.1) is 0 Å². The summed E-state index contributed by atoms with van der Waals surface area (Å²) < 4.78 is 6.00. The molecule has 0 saturated carbocycles. The van der Waals surface area contributed by atoms with Gasteiger partial charge in [0.2, 0.25) is 0 Å². The third kappa shape index (κ3) is 1.75. The normalized spacial score (nSPS) is 11.9. The summed E-state index contributed by atoms with van der Waals surface area (Å²) in [6.45, 7) is 10.9. The number of hydrogen-bond acceptors (Lipinski definition) is 1. The van der Waals surface area contributed by atoms with Crippen LogP contribution < -0.4 is 0 Å². The lowest BCUT2D eigenvalue weighted by Crippen LogP contribution is -1.94. The minimum Gasteiger partial charge on any atom is -0.460 e. The lowest BCUT2D eigenvalue weighted by atomic mass is 9.95. The molecule has 16 heavy (non-hydrogen) atoms. The highest BCUT2D eigenvalue weighted by Crippen LogP contribution is 2.36. The molecule has 0 aliphatic rings. The lowest BCUT2D eigenvalue weighted by Gasteiger charge is -2.08. The molecule has 0 saturated heterocycles. The van der Waals surface area contributed by atoms with Gasteiger partial charge in [0.05, 0.1) is 0 Å².